The minimum absolute atomic E-state index is 0.00288. The Balaban J connectivity index is 2.98. The minimum Gasteiger partial charge on any atom is -0.481 e. The van der Waals surface area contributed by atoms with Crippen LogP contribution >= 0.6 is 0 Å². The van der Waals surface area contributed by atoms with Crippen LogP contribution in [-0.4, -0.2) is 40.9 Å². The molecule has 0 fully saturated rings. The number of amides is 2. The summed E-state index contributed by atoms with van der Waals surface area (Å²) in [6.45, 7) is 9.38. The second-order valence-corrected chi connectivity index (χ2v) is 8.01. The molecule has 0 aliphatic heterocycles. The first-order chi connectivity index (χ1) is 14.3. The summed E-state index contributed by atoms with van der Waals surface area (Å²) in [5.41, 5.74) is 2.78. The van der Waals surface area contributed by atoms with Gasteiger partial charge < -0.3 is 15.3 Å². The van der Waals surface area contributed by atoms with E-state index in [9.17, 15) is 14.4 Å². The van der Waals surface area contributed by atoms with Crippen molar-refractivity contribution in [2.45, 2.75) is 79.1 Å². The summed E-state index contributed by atoms with van der Waals surface area (Å²) in [5, 5.41) is 11.9. The summed E-state index contributed by atoms with van der Waals surface area (Å²) >= 11 is 0. The van der Waals surface area contributed by atoms with E-state index in [2.05, 4.69) is 19.2 Å². The van der Waals surface area contributed by atoms with Crippen LogP contribution in [0.3, 0.4) is 0 Å². The Hall–Kier alpha value is -2.37. The molecule has 30 heavy (non-hydrogen) atoms. The van der Waals surface area contributed by atoms with Gasteiger partial charge in [-0.1, -0.05) is 45.6 Å². The summed E-state index contributed by atoms with van der Waals surface area (Å²) < 4.78 is 0. The van der Waals surface area contributed by atoms with Gasteiger partial charge in [-0.25, -0.2) is 0 Å². The summed E-state index contributed by atoms with van der Waals surface area (Å²) in [5.74, 6) is -2.69. The number of unbranched alkanes of at least 4 members (excludes halogenated alkanes) is 4. The van der Waals surface area contributed by atoms with Gasteiger partial charge in [0.25, 0.3) is 0 Å². The van der Waals surface area contributed by atoms with Crippen LogP contribution in [0.4, 0.5) is 5.69 Å². The van der Waals surface area contributed by atoms with Crippen LogP contribution in [-0.2, 0) is 14.4 Å². The van der Waals surface area contributed by atoms with Gasteiger partial charge in [-0.05, 0) is 56.4 Å². The fraction of sp³-hybridized carbons (Fsp3) is 0.625. The number of nitrogens with zero attached hydrogens (tertiary/aromatic N) is 1. The Morgan fingerprint density at radius 3 is 2.07 bits per heavy atom. The molecule has 0 bridgehead atoms. The van der Waals surface area contributed by atoms with E-state index in [0.717, 1.165) is 49.7 Å². The SMILES string of the molecule is CCCCCN(CCCCC)C(=O)C(CCC(=O)O)C(=O)Nc1ccc(C)c(C)c1. The van der Waals surface area contributed by atoms with Crippen molar-refractivity contribution in [3.8, 4) is 0 Å². The monoisotopic (exact) mass is 418 g/mol. The average Bonchev–Trinajstić information content (AvgIpc) is 2.69. The Morgan fingerprint density at radius 2 is 1.57 bits per heavy atom. The number of hydrogen-bond donors (Lipinski definition) is 2. The Labute approximate surface area is 181 Å². The fourth-order valence-electron chi connectivity index (χ4n) is 3.34. The van der Waals surface area contributed by atoms with E-state index in [1.165, 1.54) is 0 Å². The lowest BCUT2D eigenvalue weighted by Gasteiger charge is -2.27. The largest absolute Gasteiger partial charge is 0.481 e. The zero-order valence-corrected chi connectivity index (χ0v) is 19.0. The number of carboxylic acids is 1. The molecule has 0 saturated carbocycles. The first kappa shape index (κ1) is 25.7. The van der Waals surface area contributed by atoms with Crippen molar-refractivity contribution < 1.29 is 19.5 Å². The lowest BCUT2D eigenvalue weighted by molar-refractivity contribution is -0.142. The van der Waals surface area contributed by atoms with E-state index in [-0.39, 0.29) is 18.7 Å². The summed E-state index contributed by atoms with van der Waals surface area (Å²) in [7, 11) is 0. The number of benzene rings is 1. The molecular weight excluding hydrogens is 380 g/mol. The molecule has 6 nitrogen and oxygen atoms in total. The van der Waals surface area contributed by atoms with Crippen LogP contribution in [0.5, 0.6) is 0 Å². The third-order valence-corrected chi connectivity index (χ3v) is 5.41. The molecular formula is C24H38N2O4. The molecule has 2 amide bonds. The van der Waals surface area contributed by atoms with Crippen molar-refractivity contribution in [3.63, 3.8) is 0 Å². The van der Waals surface area contributed by atoms with Gasteiger partial charge >= 0.3 is 5.97 Å². The molecule has 0 aliphatic rings. The van der Waals surface area contributed by atoms with Crippen LogP contribution in [0.25, 0.3) is 0 Å². The molecule has 2 N–H and O–H groups in total. The number of aryl methyl sites for hydroxylation is 2. The van der Waals surface area contributed by atoms with Crippen molar-refractivity contribution in [1.29, 1.82) is 0 Å². The van der Waals surface area contributed by atoms with Gasteiger partial charge in [0.1, 0.15) is 5.92 Å². The predicted molar refractivity (Wildman–Crippen MR) is 121 cm³/mol. The standard InChI is InChI=1S/C24H38N2O4/c1-5-7-9-15-26(16-10-8-6-2)24(30)21(13-14-22(27)28)23(29)25-20-12-11-18(3)19(4)17-20/h11-12,17,21H,5-10,13-16H2,1-4H3,(H,25,29)(H,27,28). The van der Waals surface area contributed by atoms with Crippen molar-refractivity contribution in [3.05, 3.63) is 29.3 Å². The third kappa shape index (κ3) is 8.97. The van der Waals surface area contributed by atoms with Gasteiger partial charge in [0.15, 0.2) is 0 Å². The van der Waals surface area contributed by atoms with E-state index >= 15 is 0 Å². The van der Waals surface area contributed by atoms with E-state index in [0.29, 0.717) is 18.8 Å². The van der Waals surface area contributed by atoms with E-state index in [1.54, 1.807) is 11.0 Å². The summed E-state index contributed by atoms with van der Waals surface area (Å²) in [6.07, 6.45) is 5.70. The highest BCUT2D eigenvalue weighted by Crippen LogP contribution is 2.19. The Kier molecular flexibility index (Phi) is 11.8. The fourth-order valence-corrected chi connectivity index (χ4v) is 3.34. The number of anilines is 1. The van der Waals surface area contributed by atoms with Crippen molar-refractivity contribution >= 4 is 23.5 Å². The topological polar surface area (TPSA) is 86.7 Å². The maximum atomic E-state index is 13.3. The molecule has 1 atom stereocenters. The molecule has 0 aromatic heterocycles. The summed E-state index contributed by atoms with van der Waals surface area (Å²) in [4.78, 5) is 39.1. The zero-order chi connectivity index (χ0) is 22.5. The average molecular weight is 419 g/mol. The van der Waals surface area contributed by atoms with Crippen LogP contribution in [0.15, 0.2) is 18.2 Å². The second-order valence-electron chi connectivity index (χ2n) is 8.01. The Morgan fingerprint density at radius 1 is 0.967 bits per heavy atom. The van der Waals surface area contributed by atoms with Crippen LogP contribution < -0.4 is 5.32 Å². The van der Waals surface area contributed by atoms with Crippen molar-refractivity contribution in [2.24, 2.45) is 5.92 Å². The molecule has 0 saturated heterocycles. The van der Waals surface area contributed by atoms with Crippen molar-refractivity contribution in [2.75, 3.05) is 18.4 Å². The normalized spacial score (nSPS) is 11.7. The lowest BCUT2D eigenvalue weighted by Crippen LogP contribution is -2.42. The second kappa shape index (κ2) is 13.8. The number of hydrogen-bond acceptors (Lipinski definition) is 3. The molecule has 1 unspecified atom stereocenters. The summed E-state index contributed by atoms with van der Waals surface area (Å²) in [6, 6.07) is 5.59. The quantitative estimate of drug-likeness (QED) is 0.331. The van der Waals surface area contributed by atoms with Gasteiger partial charge in [0.05, 0.1) is 0 Å². The molecule has 1 aromatic carbocycles. The number of carbonyl (C=O) groups is 3. The van der Waals surface area contributed by atoms with E-state index < -0.39 is 17.8 Å². The highest BCUT2D eigenvalue weighted by molar-refractivity contribution is 6.06. The highest BCUT2D eigenvalue weighted by atomic mass is 16.4. The number of rotatable bonds is 14. The predicted octanol–water partition coefficient (Wildman–Crippen LogP) is 4.93. The number of carbonyl (C=O) groups excluding carboxylic acids is 2. The molecule has 0 aliphatic carbocycles. The molecule has 168 valence electrons. The molecule has 0 spiro atoms. The van der Waals surface area contributed by atoms with Gasteiger partial charge in [0.2, 0.25) is 11.8 Å². The van der Waals surface area contributed by atoms with Gasteiger partial charge in [-0.3, -0.25) is 14.4 Å². The zero-order valence-electron chi connectivity index (χ0n) is 19.0. The van der Waals surface area contributed by atoms with Crippen LogP contribution in [0.1, 0.15) is 76.3 Å². The number of carboxylic acid groups (broad SMARTS) is 1. The van der Waals surface area contributed by atoms with E-state index in [1.807, 2.05) is 26.0 Å². The first-order valence-corrected chi connectivity index (χ1v) is 11.2. The maximum Gasteiger partial charge on any atom is 0.303 e. The smallest absolute Gasteiger partial charge is 0.303 e. The third-order valence-electron chi connectivity index (χ3n) is 5.41. The maximum absolute atomic E-state index is 13.3. The van der Waals surface area contributed by atoms with Crippen molar-refractivity contribution in [1.82, 2.24) is 4.90 Å². The Bertz CT molecular complexity index is 692. The van der Waals surface area contributed by atoms with Gasteiger partial charge in [-0.2, -0.15) is 0 Å². The highest BCUT2D eigenvalue weighted by Gasteiger charge is 2.31. The molecule has 1 aromatic rings. The molecule has 0 radical (unpaired) electrons. The van der Waals surface area contributed by atoms with Crippen LogP contribution in [0, 0.1) is 19.8 Å². The van der Waals surface area contributed by atoms with Crippen LogP contribution in [0.2, 0.25) is 0 Å². The van der Waals surface area contributed by atoms with Gasteiger partial charge in [-0.15, -0.1) is 0 Å². The lowest BCUT2D eigenvalue weighted by atomic mass is 9.99. The molecule has 6 heteroatoms. The number of nitrogens with one attached hydrogen (secondary N) is 1. The minimum atomic E-state index is -1.00. The van der Waals surface area contributed by atoms with E-state index in [4.69, 9.17) is 5.11 Å². The first-order valence-electron chi connectivity index (χ1n) is 11.2. The number of aliphatic carboxylic acids is 1. The van der Waals surface area contributed by atoms with Gasteiger partial charge in [0, 0.05) is 25.2 Å². The molecule has 1 rings (SSSR count). The molecule has 0 heterocycles.